The summed E-state index contributed by atoms with van der Waals surface area (Å²) in [4.78, 5) is 28.7. The van der Waals surface area contributed by atoms with Gasteiger partial charge in [0.1, 0.15) is 15.8 Å². The van der Waals surface area contributed by atoms with E-state index in [0.717, 1.165) is 35.3 Å². The summed E-state index contributed by atoms with van der Waals surface area (Å²) in [6, 6.07) is 11.1. The molecule has 3 aromatic rings. The van der Waals surface area contributed by atoms with Gasteiger partial charge in [-0.25, -0.2) is 9.78 Å². The number of nitriles is 1. The maximum Gasteiger partial charge on any atom is 0.396 e. The van der Waals surface area contributed by atoms with E-state index in [1.807, 2.05) is 31.2 Å². The first-order valence-electron chi connectivity index (χ1n) is 7.44. The number of methoxy groups -OCH3 is 1. The van der Waals surface area contributed by atoms with Crippen LogP contribution in [0.3, 0.4) is 0 Å². The zero-order valence-electron chi connectivity index (χ0n) is 13.8. The van der Waals surface area contributed by atoms with Gasteiger partial charge in [-0.2, -0.15) is 5.26 Å². The smallest absolute Gasteiger partial charge is 0.396 e. The number of carbonyl (C=O) groups is 2. The highest BCUT2D eigenvalue weighted by atomic mass is 35.5. The molecule has 1 N–H and O–H groups in total. The number of benzene rings is 1. The van der Waals surface area contributed by atoms with Crippen LogP contribution in [0.2, 0.25) is 5.02 Å². The summed E-state index contributed by atoms with van der Waals surface area (Å²) in [7, 11) is 1.12. The standard InChI is InChI=1S/C18H12ClN3O3S/c1-9-7-12(10-3-5-11(19)6-4-10)21-17-14(9)15(13(8-20)26-17)22-16(23)18(24)25-2/h3-7H,1-2H3,(H,22,23). The summed E-state index contributed by atoms with van der Waals surface area (Å²) in [5.74, 6) is -1.97. The van der Waals surface area contributed by atoms with E-state index < -0.39 is 11.9 Å². The number of aryl methyl sites for hydroxylation is 1. The van der Waals surface area contributed by atoms with Gasteiger partial charge in [-0.3, -0.25) is 4.79 Å². The molecule has 0 unspecified atom stereocenters. The van der Waals surface area contributed by atoms with E-state index in [1.165, 1.54) is 0 Å². The van der Waals surface area contributed by atoms with Crippen LogP contribution in [0, 0.1) is 18.3 Å². The molecular weight excluding hydrogens is 374 g/mol. The molecule has 1 aromatic carbocycles. The van der Waals surface area contributed by atoms with Gasteiger partial charge < -0.3 is 10.1 Å². The summed E-state index contributed by atoms with van der Waals surface area (Å²) >= 11 is 7.07. The molecule has 0 spiro atoms. The van der Waals surface area contributed by atoms with Crippen molar-refractivity contribution < 1.29 is 14.3 Å². The zero-order chi connectivity index (χ0) is 18.8. The number of hydrogen-bond donors (Lipinski definition) is 1. The lowest BCUT2D eigenvalue weighted by atomic mass is 10.1. The Kier molecular flexibility index (Phi) is 4.89. The number of carbonyl (C=O) groups excluding carboxylic acids is 2. The van der Waals surface area contributed by atoms with Gasteiger partial charge >= 0.3 is 11.9 Å². The quantitative estimate of drug-likeness (QED) is 0.533. The fraction of sp³-hybridized carbons (Fsp3) is 0.111. The minimum atomic E-state index is -1.03. The molecule has 0 aliphatic heterocycles. The van der Waals surface area contributed by atoms with Gasteiger partial charge in [0.25, 0.3) is 0 Å². The van der Waals surface area contributed by atoms with E-state index in [2.05, 4.69) is 15.0 Å². The summed E-state index contributed by atoms with van der Waals surface area (Å²) in [5, 5.41) is 13.1. The molecule has 0 saturated carbocycles. The van der Waals surface area contributed by atoms with E-state index in [-0.39, 0.29) is 10.6 Å². The average molecular weight is 386 g/mol. The van der Waals surface area contributed by atoms with Gasteiger partial charge in [-0.1, -0.05) is 23.7 Å². The van der Waals surface area contributed by atoms with Crippen molar-refractivity contribution in [2.75, 3.05) is 12.4 Å². The molecule has 1 amide bonds. The Morgan fingerprint density at radius 2 is 2.00 bits per heavy atom. The van der Waals surface area contributed by atoms with Crippen molar-refractivity contribution in [1.29, 1.82) is 5.26 Å². The number of nitrogens with one attached hydrogen (secondary N) is 1. The lowest BCUT2D eigenvalue weighted by molar-refractivity contribution is -0.150. The predicted octanol–water partition coefficient (Wildman–Crippen LogP) is 3.91. The highest BCUT2D eigenvalue weighted by molar-refractivity contribution is 7.20. The third-order valence-corrected chi connectivity index (χ3v) is 4.95. The molecule has 2 heterocycles. The van der Waals surface area contributed by atoms with Crippen molar-refractivity contribution >= 4 is 50.7 Å². The number of ether oxygens (including phenoxy) is 1. The fourth-order valence-electron chi connectivity index (χ4n) is 2.51. The maximum atomic E-state index is 11.9. The van der Waals surface area contributed by atoms with Crippen LogP contribution in [0.5, 0.6) is 0 Å². The number of fused-ring (bicyclic) bond motifs is 1. The van der Waals surface area contributed by atoms with Gasteiger partial charge in [0.15, 0.2) is 0 Å². The summed E-state index contributed by atoms with van der Waals surface area (Å²) in [6.45, 7) is 1.85. The second kappa shape index (κ2) is 7.12. The Morgan fingerprint density at radius 1 is 1.31 bits per heavy atom. The first-order valence-corrected chi connectivity index (χ1v) is 8.63. The summed E-state index contributed by atoms with van der Waals surface area (Å²) in [6.07, 6.45) is 0. The van der Waals surface area contributed by atoms with Crippen LogP contribution < -0.4 is 5.32 Å². The Bertz CT molecular complexity index is 1070. The molecule has 0 aliphatic carbocycles. The highest BCUT2D eigenvalue weighted by Crippen LogP contribution is 2.38. The van der Waals surface area contributed by atoms with Crippen molar-refractivity contribution in [3.05, 3.63) is 45.8 Å². The number of amides is 1. The Morgan fingerprint density at radius 3 is 2.62 bits per heavy atom. The van der Waals surface area contributed by atoms with Crippen molar-refractivity contribution in [2.45, 2.75) is 6.92 Å². The molecule has 3 rings (SSSR count). The van der Waals surface area contributed by atoms with E-state index in [0.29, 0.717) is 15.2 Å². The molecule has 8 heteroatoms. The number of anilines is 1. The van der Waals surface area contributed by atoms with Crippen LogP contribution in [0.1, 0.15) is 10.4 Å². The SMILES string of the molecule is COC(=O)C(=O)Nc1c(C#N)sc2nc(-c3ccc(Cl)cc3)cc(C)c12. The monoisotopic (exact) mass is 385 g/mol. The molecule has 0 bridgehead atoms. The van der Waals surface area contributed by atoms with Crippen LogP contribution >= 0.6 is 22.9 Å². The zero-order valence-corrected chi connectivity index (χ0v) is 15.4. The number of rotatable bonds is 2. The van der Waals surface area contributed by atoms with Gasteiger partial charge in [0.05, 0.1) is 18.5 Å². The van der Waals surface area contributed by atoms with Gasteiger partial charge in [0.2, 0.25) is 0 Å². The van der Waals surface area contributed by atoms with Gasteiger partial charge in [-0.05, 0) is 30.7 Å². The number of hydrogen-bond acceptors (Lipinski definition) is 6. The molecule has 0 aliphatic rings. The second-order valence-electron chi connectivity index (χ2n) is 5.38. The third kappa shape index (κ3) is 3.25. The van der Waals surface area contributed by atoms with Crippen LogP contribution in [-0.2, 0) is 14.3 Å². The lowest BCUT2D eigenvalue weighted by Gasteiger charge is -2.07. The van der Waals surface area contributed by atoms with E-state index in [9.17, 15) is 14.9 Å². The Labute approximate surface area is 158 Å². The molecule has 6 nitrogen and oxygen atoms in total. The topological polar surface area (TPSA) is 92.1 Å². The fourth-order valence-corrected chi connectivity index (χ4v) is 3.64. The minimum Gasteiger partial charge on any atom is -0.462 e. The normalized spacial score (nSPS) is 10.4. The Hall–Kier alpha value is -2.95. The number of nitrogens with zero attached hydrogens (tertiary/aromatic N) is 2. The van der Waals surface area contributed by atoms with Crippen molar-refractivity contribution in [2.24, 2.45) is 0 Å². The minimum absolute atomic E-state index is 0.265. The highest BCUT2D eigenvalue weighted by Gasteiger charge is 2.22. The summed E-state index contributed by atoms with van der Waals surface area (Å²) < 4.78 is 4.41. The lowest BCUT2D eigenvalue weighted by Crippen LogP contribution is -2.24. The number of aromatic nitrogens is 1. The molecule has 0 fully saturated rings. The van der Waals surface area contributed by atoms with Crippen molar-refractivity contribution in [1.82, 2.24) is 4.98 Å². The third-order valence-electron chi connectivity index (χ3n) is 3.71. The number of halogens is 1. The van der Waals surface area contributed by atoms with E-state index in [1.54, 1.807) is 12.1 Å². The van der Waals surface area contributed by atoms with Crippen molar-refractivity contribution in [3.63, 3.8) is 0 Å². The number of pyridine rings is 1. The maximum absolute atomic E-state index is 11.9. The van der Waals surface area contributed by atoms with Crippen LogP contribution in [0.25, 0.3) is 21.5 Å². The Balaban J connectivity index is 2.13. The molecule has 0 atom stereocenters. The van der Waals surface area contributed by atoms with Crippen LogP contribution in [-0.4, -0.2) is 24.0 Å². The van der Waals surface area contributed by atoms with Crippen LogP contribution in [0.15, 0.2) is 30.3 Å². The molecule has 26 heavy (non-hydrogen) atoms. The van der Waals surface area contributed by atoms with Gasteiger partial charge in [0, 0.05) is 16.0 Å². The molecule has 0 radical (unpaired) electrons. The average Bonchev–Trinajstić information content (AvgIpc) is 2.99. The first-order chi connectivity index (χ1) is 12.4. The number of esters is 1. The molecule has 0 saturated heterocycles. The molecular formula is C18H12ClN3O3S. The number of thiophene rings is 1. The molecule has 2 aromatic heterocycles. The van der Waals surface area contributed by atoms with Crippen molar-refractivity contribution in [3.8, 4) is 17.3 Å². The van der Waals surface area contributed by atoms with E-state index in [4.69, 9.17) is 11.6 Å². The second-order valence-corrected chi connectivity index (χ2v) is 6.81. The van der Waals surface area contributed by atoms with Crippen LogP contribution in [0.4, 0.5) is 5.69 Å². The van der Waals surface area contributed by atoms with Gasteiger partial charge in [-0.15, -0.1) is 11.3 Å². The summed E-state index contributed by atoms with van der Waals surface area (Å²) in [5.41, 5.74) is 2.70. The largest absolute Gasteiger partial charge is 0.462 e. The van der Waals surface area contributed by atoms with E-state index >= 15 is 0 Å². The first kappa shape index (κ1) is 17.9. The predicted molar refractivity (Wildman–Crippen MR) is 100 cm³/mol. The molecule has 130 valence electrons.